The summed E-state index contributed by atoms with van der Waals surface area (Å²) in [5.41, 5.74) is 6.72. The van der Waals surface area contributed by atoms with E-state index in [0.29, 0.717) is 0 Å². The Morgan fingerprint density at radius 2 is 1.87 bits per heavy atom. The van der Waals surface area contributed by atoms with Crippen molar-refractivity contribution in [2.45, 2.75) is 0 Å². The number of pyridine rings is 1. The van der Waals surface area contributed by atoms with Crippen molar-refractivity contribution in [1.29, 1.82) is 0 Å². The maximum absolute atomic E-state index is 4.93. The van der Waals surface area contributed by atoms with Crippen LogP contribution < -0.4 is 4.90 Å². The Bertz CT molecular complexity index is 1380. The second-order valence-electron chi connectivity index (χ2n) is 8.14. The van der Waals surface area contributed by atoms with Gasteiger partial charge in [0.25, 0.3) is 0 Å². The molecule has 1 aromatic carbocycles. The maximum atomic E-state index is 4.93. The number of H-pyrrole nitrogens is 2. The molecule has 6 rings (SSSR count). The average molecular weight is 413 g/mol. The van der Waals surface area contributed by atoms with E-state index in [-0.39, 0.29) is 0 Å². The van der Waals surface area contributed by atoms with Gasteiger partial charge in [0, 0.05) is 56.6 Å². The van der Waals surface area contributed by atoms with Gasteiger partial charge in [0.05, 0.1) is 17.4 Å². The number of fused-ring (bicyclic) bond motifs is 2. The third-order valence-corrected chi connectivity index (χ3v) is 6.03. The number of piperazine rings is 1. The summed E-state index contributed by atoms with van der Waals surface area (Å²) in [4.78, 5) is 17.6. The number of nitrogens with one attached hydrogen (secondary N) is 2. The molecule has 2 N–H and O–H groups in total. The highest BCUT2D eigenvalue weighted by Crippen LogP contribution is 2.32. The van der Waals surface area contributed by atoms with Crippen LogP contribution >= 0.6 is 0 Å². The van der Waals surface area contributed by atoms with Crippen LogP contribution in [0.15, 0.2) is 42.9 Å². The van der Waals surface area contributed by atoms with E-state index in [1.165, 1.54) is 0 Å². The van der Waals surface area contributed by atoms with Crippen molar-refractivity contribution in [3.05, 3.63) is 42.9 Å². The molecular weight excluding hydrogens is 390 g/mol. The number of aromatic amines is 2. The number of likely N-dealkylation sites (N-methyl/N-ethyl adjacent to an activating group) is 1. The Morgan fingerprint density at radius 3 is 2.68 bits per heavy atom. The van der Waals surface area contributed by atoms with Crippen LogP contribution in [-0.4, -0.2) is 73.1 Å². The summed E-state index contributed by atoms with van der Waals surface area (Å²) in [7, 11) is 4.08. The van der Waals surface area contributed by atoms with Crippen molar-refractivity contribution in [2.24, 2.45) is 7.05 Å². The molecule has 0 radical (unpaired) electrons. The molecule has 5 heterocycles. The number of aryl methyl sites for hydroxylation is 1. The van der Waals surface area contributed by atoms with Gasteiger partial charge >= 0.3 is 0 Å². The third kappa shape index (κ3) is 3.05. The first-order chi connectivity index (χ1) is 15.2. The van der Waals surface area contributed by atoms with Crippen molar-refractivity contribution in [1.82, 2.24) is 39.8 Å². The summed E-state index contributed by atoms with van der Waals surface area (Å²) < 4.78 is 1.81. The number of nitrogens with zero attached hydrogens (tertiary/aromatic N) is 7. The van der Waals surface area contributed by atoms with Gasteiger partial charge in [0.15, 0.2) is 11.5 Å². The van der Waals surface area contributed by atoms with E-state index in [0.717, 1.165) is 76.6 Å². The molecule has 1 fully saturated rings. The molecule has 156 valence electrons. The highest BCUT2D eigenvalue weighted by Gasteiger charge is 2.20. The van der Waals surface area contributed by atoms with E-state index < -0.39 is 0 Å². The van der Waals surface area contributed by atoms with Crippen molar-refractivity contribution in [3.63, 3.8) is 0 Å². The molecule has 4 aromatic heterocycles. The molecule has 9 heteroatoms. The van der Waals surface area contributed by atoms with Crippen LogP contribution in [-0.2, 0) is 7.05 Å². The summed E-state index contributed by atoms with van der Waals surface area (Å²) in [5, 5.41) is 13.0. The quantitative estimate of drug-likeness (QED) is 0.472. The first-order valence-electron chi connectivity index (χ1n) is 10.4. The largest absolute Gasteiger partial charge is 0.367 e. The first-order valence-corrected chi connectivity index (χ1v) is 10.4. The zero-order valence-corrected chi connectivity index (χ0v) is 17.5. The number of imidazole rings is 1. The minimum absolute atomic E-state index is 0.721. The third-order valence-electron chi connectivity index (χ3n) is 6.03. The van der Waals surface area contributed by atoms with E-state index in [1.807, 2.05) is 31.7 Å². The molecule has 0 amide bonds. The Morgan fingerprint density at radius 1 is 1.00 bits per heavy atom. The van der Waals surface area contributed by atoms with Crippen molar-refractivity contribution in [3.8, 4) is 22.6 Å². The van der Waals surface area contributed by atoms with Crippen molar-refractivity contribution in [2.75, 3.05) is 38.1 Å². The fourth-order valence-corrected chi connectivity index (χ4v) is 4.26. The molecular formula is C22H23N9. The Hall–Kier alpha value is -3.72. The van der Waals surface area contributed by atoms with Gasteiger partial charge in [-0.05, 0) is 30.8 Å². The summed E-state index contributed by atoms with van der Waals surface area (Å²) in [5.74, 6) is 0.721. The van der Waals surface area contributed by atoms with Crippen LogP contribution in [0.3, 0.4) is 0 Å². The molecule has 0 bridgehead atoms. The van der Waals surface area contributed by atoms with Gasteiger partial charge in [-0.15, -0.1) is 0 Å². The van der Waals surface area contributed by atoms with E-state index >= 15 is 0 Å². The molecule has 5 aromatic rings. The summed E-state index contributed by atoms with van der Waals surface area (Å²) in [6.07, 6.45) is 5.73. The van der Waals surface area contributed by atoms with Gasteiger partial charge in [0.1, 0.15) is 11.2 Å². The molecule has 1 aliphatic rings. The molecule has 9 nitrogen and oxygen atoms in total. The zero-order chi connectivity index (χ0) is 20.9. The van der Waals surface area contributed by atoms with Crippen LogP contribution in [0.5, 0.6) is 0 Å². The van der Waals surface area contributed by atoms with Crippen LogP contribution in [0, 0.1) is 0 Å². The maximum Gasteiger partial charge on any atom is 0.161 e. The number of hydrogen-bond donors (Lipinski definition) is 2. The van der Waals surface area contributed by atoms with Crippen LogP contribution in [0.25, 0.3) is 44.7 Å². The summed E-state index contributed by atoms with van der Waals surface area (Å²) in [6, 6.07) is 8.31. The lowest BCUT2D eigenvalue weighted by Gasteiger charge is -2.33. The SMILES string of the molecule is CN1CCN(c2ccnc3[nH]c(-c4n[nH]c5ccc(-c6cnn(C)c6)cc45)nc23)CC1. The van der Waals surface area contributed by atoms with Gasteiger partial charge in [-0.3, -0.25) is 9.78 Å². The number of hydrogen-bond acceptors (Lipinski definition) is 6. The number of aromatic nitrogens is 7. The van der Waals surface area contributed by atoms with Crippen LogP contribution in [0.1, 0.15) is 0 Å². The van der Waals surface area contributed by atoms with E-state index in [1.54, 1.807) is 4.68 Å². The monoisotopic (exact) mass is 413 g/mol. The molecule has 0 saturated carbocycles. The van der Waals surface area contributed by atoms with Gasteiger partial charge in [-0.25, -0.2) is 9.97 Å². The van der Waals surface area contributed by atoms with E-state index in [2.05, 4.69) is 60.3 Å². The van der Waals surface area contributed by atoms with Crippen LogP contribution in [0.4, 0.5) is 5.69 Å². The lowest BCUT2D eigenvalue weighted by molar-refractivity contribution is 0.313. The predicted molar refractivity (Wildman–Crippen MR) is 121 cm³/mol. The minimum atomic E-state index is 0.721. The van der Waals surface area contributed by atoms with Gasteiger partial charge < -0.3 is 14.8 Å². The number of anilines is 1. The van der Waals surface area contributed by atoms with E-state index in [4.69, 9.17) is 4.98 Å². The fraction of sp³-hybridized carbons (Fsp3) is 0.273. The van der Waals surface area contributed by atoms with Gasteiger partial charge in [-0.2, -0.15) is 10.2 Å². The standard InChI is InChI=1S/C22H23N9/c1-29-7-9-31(10-8-29)18-5-6-23-21-20(18)25-22(26-21)19-16-11-14(3-4-17(16)27-28-19)15-12-24-30(2)13-15/h3-6,11-13H,7-10H2,1-2H3,(H,27,28)(H,23,25,26). The molecule has 0 spiro atoms. The van der Waals surface area contributed by atoms with Crippen molar-refractivity contribution < 1.29 is 0 Å². The second kappa shape index (κ2) is 6.92. The molecule has 0 aliphatic carbocycles. The normalized spacial score (nSPS) is 15.4. The molecule has 1 saturated heterocycles. The van der Waals surface area contributed by atoms with Crippen LogP contribution in [0.2, 0.25) is 0 Å². The Kier molecular flexibility index (Phi) is 4.03. The zero-order valence-electron chi connectivity index (χ0n) is 17.5. The lowest BCUT2D eigenvalue weighted by atomic mass is 10.1. The predicted octanol–water partition coefficient (Wildman–Crippen LogP) is 2.65. The molecule has 0 atom stereocenters. The number of rotatable bonds is 3. The Balaban J connectivity index is 1.44. The smallest absolute Gasteiger partial charge is 0.161 e. The summed E-state index contributed by atoms with van der Waals surface area (Å²) >= 11 is 0. The lowest BCUT2D eigenvalue weighted by Crippen LogP contribution is -2.44. The van der Waals surface area contributed by atoms with Gasteiger partial charge in [0.2, 0.25) is 0 Å². The minimum Gasteiger partial charge on any atom is -0.367 e. The topological polar surface area (TPSA) is 94.5 Å². The Labute approximate surface area is 178 Å². The molecule has 0 unspecified atom stereocenters. The second-order valence-corrected chi connectivity index (χ2v) is 8.14. The first kappa shape index (κ1) is 18.1. The summed E-state index contributed by atoms with van der Waals surface area (Å²) in [6.45, 7) is 4.06. The highest BCUT2D eigenvalue weighted by atomic mass is 15.3. The fourth-order valence-electron chi connectivity index (χ4n) is 4.26. The average Bonchev–Trinajstić information content (AvgIpc) is 3.51. The molecule has 31 heavy (non-hydrogen) atoms. The van der Waals surface area contributed by atoms with Crippen molar-refractivity contribution >= 4 is 27.8 Å². The number of benzene rings is 1. The van der Waals surface area contributed by atoms with Gasteiger partial charge in [-0.1, -0.05) is 6.07 Å². The molecule has 1 aliphatic heterocycles. The van der Waals surface area contributed by atoms with E-state index in [9.17, 15) is 0 Å². The highest BCUT2D eigenvalue weighted by molar-refractivity contribution is 5.96.